The van der Waals surface area contributed by atoms with Crippen LogP contribution in [0.3, 0.4) is 0 Å². The lowest BCUT2D eigenvalue weighted by atomic mass is 9.72. The summed E-state index contributed by atoms with van der Waals surface area (Å²) in [5, 5.41) is 0. The van der Waals surface area contributed by atoms with Crippen LogP contribution >= 0.6 is 0 Å². The molecule has 1 aliphatic rings. The fourth-order valence-corrected chi connectivity index (χ4v) is 4.52. The minimum absolute atomic E-state index is 0.181. The molecule has 0 bridgehead atoms. The van der Waals surface area contributed by atoms with E-state index in [2.05, 4.69) is 40.3 Å². The lowest BCUT2D eigenvalue weighted by Crippen LogP contribution is -2.43. The molecule has 0 atom stereocenters. The molecule has 1 saturated carbocycles. The van der Waals surface area contributed by atoms with Gasteiger partial charge in [0.25, 0.3) is 0 Å². The third-order valence-corrected chi connectivity index (χ3v) is 6.65. The highest BCUT2D eigenvalue weighted by Crippen LogP contribution is 2.40. The molecule has 3 heterocycles. The van der Waals surface area contributed by atoms with Crippen LogP contribution in [0.5, 0.6) is 0 Å². The molecule has 0 spiro atoms. The van der Waals surface area contributed by atoms with Gasteiger partial charge >= 0.3 is 0 Å². The molecule has 1 aliphatic carbocycles. The lowest BCUT2D eigenvalue weighted by Gasteiger charge is -2.38. The molecule has 0 unspecified atom stereocenters. The Morgan fingerprint density at radius 3 is 2.36 bits per heavy atom. The van der Waals surface area contributed by atoms with Crippen LogP contribution in [0.25, 0.3) is 45.1 Å². The average Bonchev–Trinajstić information content (AvgIpc) is 3.28. The van der Waals surface area contributed by atoms with Gasteiger partial charge in [0.05, 0.1) is 6.20 Å². The first-order valence-corrected chi connectivity index (χ1v) is 11.2. The first-order valence-electron chi connectivity index (χ1n) is 11.2. The SMILES string of the molecule is Cn1ccnc1-c1cc(-c2ccc(C3(N)CCC3)cc2)c2nc(-c3ccccc3)ncc2n1. The zero-order valence-electron chi connectivity index (χ0n) is 18.4. The molecular formula is C27H24N6. The molecule has 33 heavy (non-hydrogen) atoms. The highest BCUT2D eigenvalue weighted by atomic mass is 15.1. The van der Waals surface area contributed by atoms with Gasteiger partial charge in [-0.1, -0.05) is 54.6 Å². The number of fused-ring (bicyclic) bond motifs is 1. The number of aryl methyl sites for hydroxylation is 1. The van der Waals surface area contributed by atoms with E-state index in [-0.39, 0.29) is 5.54 Å². The van der Waals surface area contributed by atoms with E-state index in [1.807, 2.05) is 48.1 Å². The van der Waals surface area contributed by atoms with Gasteiger partial charge in [0.15, 0.2) is 11.6 Å². The summed E-state index contributed by atoms with van der Waals surface area (Å²) >= 11 is 0. The molecule has 2 aromatic carbocycles. The van der Waals surface area contributed by atoms with Crippen LogP contribution in [0, 0.1) is 0 Å². The predicted molar refractivity (Wildman–Crippen MR) is 130 cm³/mol. The maximum Gasteiger partial charge on any atom is 0.159 e. The number of pyridine rings is 1. The van der Waals surface area contributed by atoms with Crippen molar-refractivity contribution in [2.75, 3.05) is 0 Å². The summed E-state index contributed by atoms with van der Waals surface area (Å²) in [6.45, 7) is 0. The van der Waals surface area contributed by atoms with E-state index in [0.717, 1.165) is 52.1 Å². The summed E-state index contributed by atoms with van der Waals surface area (Å²) in [5.74, 6) is 1.49. The number of nitrogens with zero attached hydrogens (tertiary/aromatic N) is 5. The Morgan fingerprint density at radius 1 is 0.909 bits per heavy atom. The van der Waals surface area contributed by atoms with Gasteiger partial charge in [0, 0.05) is 36.1 Å². The van der Waals surface area contributed by atoms with Crippen molar-refractivity contribution in [3.63, 3.8) is 0 Å². The Labute approximate surface area is 192 Å². The summed E-state index contributed by atoms with van der Waals surface area (Å²) in [6.07, 6.45) is 8.79. The maximum atomic E-state index is 6.55. The van der Waals surface area contributed by atoms with Gasteiger partial charge in [0.2, 0.25) is 0 Å². The van der Waals surface area contributed by atoms with Crippen LogP contribution in [0.1, 0.15) is 24.8 Å². The third-order valence-electron chi connectivity index (χ3n) is 6.65. The monoisotopic (exact) mass is 432 g/mol. The Morgan fingerprint density at radius 2 is 1.70 bits per heavy atom. The number of hydrogen-bond acceptors (Lipinski definition) is 5. The lowest BCUT2D eigenvalue weighted by molar-refractivity contribution is 0.253. The van der Waals surface area contributed by atoms with E-state index < -0.39 is 0 Å². The van der Waals surface area contributed by atoms with Crippen molar-refractivity contribution >= 4 is 11.0 Å². The average molecular weight is 433 g/mol. The highest BCUT2D eigenvalue weighted by Gasteiger charge is 2.34. The van der Waals surface area contributed by atoms with Crippen LogP contribution in [0.2, 0.25) is 0 Å². The molecule has 3 aromatic heterocycles. The second-order valence-corrected chi connectivity index (χ2v) is 8.80. The molecule has 6 nitrogen and oxygen atoms in total. The molecule has 1 fully saturated rings. The summed E-state index contributed by atoms with van der Waals surface area (Å²) in [6, 6.07) is 20.7. The standard InChI is InChI=1S/C27H24N6/c1-33-15-14-29-26(33)22-16-21(18-8-10-20(11-9-18)27(28)12-5-13-27)24-23(31-22)17-30-25(32-24)19-6-3-2-4-7-19/h2-4,6-11,14-17H,5,12-13,28H2,1H3. The Kier molecular flexibility index (Phi) is 4.55. The van der Waals surface area contributed by atoms with Crippen molar-refractivity contribution in [1.29, 1.82) is 0 Å². The number of nitrogens with two attached hydrogens (primary N) is 1. The molecule has 6 rings (SSSR count). The molecule has 162 valence electrons. The van der Waals surface area contributed by atoms with Crippen LogP contribution in [-0.4, -0.2) is 24.5 Å². The maximum absolute atomic E-state index is 6.55. The third kappa shape index (κ3) is 3.39. The van der Waals surface area contributed by atoms with E-state index >= 15 is 0 Å². The summed E-state index contributed by atoms with van der Waals surface area (Å²) < 4.78 is 1.97. The van der Waals surface area contributed by atoms with Gasteiger partial charge in [-0.25, -0.2) is 19.9 Å². The van der Waals surface area contributed by atoms with Crippen LogP contribution < -0.4 is 5.73 Å². The first-order chi connectivity index (χ1) is 16.1. The van der Waals surface area contributed by atoms with Crippen molar-refractivity contribution in [3.05, 3.63) is 84.8 Å². The number of hydrogen-bond donors (Lipinski definition) is 1. The smallest absolute Gasteiger partial charge is 0.159 e. The van der Waals surface area contributed by atoms with Crippen molar-refractivity contribution in [2.24, 2.45) is 12.8 Å². The summed E-state index contributed by atoms with van der Waals surface area (Å²) in [7, 11) is 1.97. The van der Waals surface area contributed by atoms with Crippen LogP contribution in [0.4, 0.5) is 0 Å². The highest BCUT2D eigenvalue weighted by molar-refractivity contribution is 5.94. The molecule has 2 N–H and O–H groups in total. The second kappa shape index (κ2) is 7.60. The van der Waals surface area contributed by atoms with E-state index in [0.29, 0.717) is 5.82 Å². The molecule has 0 amide bonds. The predicted octanol–water partition coefficient (Wildman–Crippen LogP) is 5.10. The summed E-state index contributed by atoms with van der Waals surface area (Å²) in [4.78, 5) is 18.9. The number of benzene rings is 2. The van der Waals surface area contributed by atoms with Gasteiger partial charge in [-0.3, -0.25) is 0 Å². The van der Waals surface area contributed by atoms with Crippen molar-refractivity contribution in [2.45, 2.75) is 24.8 Å². The largest absolute Gasteiger partial charge is 0.333 e. The molecule has 5 aromatic rings. The topological polar surface area (TPSA) is 82.5 Å². The van der Waals surface area contributed by atoms with Crippen molar-refractivity contribution in [1.82, 2.24) is 24.5 Å². The minimum atomic E-state index is -0.181. The Balaban J connectivity index is 1.54. The van der Waals surface area contributed by atoms with E-state index in [1.54, 1.807) is 12.4 Å². The number of rotatable bonds is 4. The van der Waals surface area contributed by atoms with Gasteiger partial charge in [0.1, 0.15) is 16.7 Å². The van der Waals surface area contributed by atoms with Gasteiger partial charge in [-0.15, -0.1) is 0 Å². The molecule has 0 saturated heterocycles. The quantitative estimate of drug-likeness (QED) is 0.427. The zero-order valence-corrected chi connectivity index (χ0v) is 18.4. The van der Waals surface area contributed by atoms with Gasteiger partial charge in [-0.05, 0) is 36.5 Å². The van der Waals surface area contributed by atoms with Crippen molar-refractivity contribution in [3.8, 4) is 34.0 Å². The van der Waals surface area contributed by atoms with Crippen LogP contribution in [-0.2, 0) is 12.6 Å². The van der Waals surface area contributed by atoms with Gasteiger partial charge in [-0.2, -0.15) is 0 Å². The van der Waals surface area contributed by atoms with E-state index in [4.69, 9.17) is 15.7 Å². The normalized spacial score (nSPS) is 14.8. The summed E-state index contributed by atoms with van der Waals surface area (Å²) in [5.41, 5.74) is 13.0. The zero-order chi connectivity index (χ0) is 22.4. The Bertz CT molecular complexity index is 1450. The van der Waals surface area contributed by atoms with Gasteiger partial charge < -0.3 is 10.3 Å². The fourth-order valence-electron chi connectivity index (χ4n) is 4.52. The second-order valence-electron chi connectivity index (χ2n) is 8.80. The Hall–Kier alpha value is -3.90. The molecular weight excluding hydrogens is 408 g/mol. The first kappa shape index (κ1) is 19.8. The molecule has 6 heteroatoms. The van der Waals surface area contributed by atoms with Crippen molar-refractivity contribution < 1.29 is 0 Å². The van der Waals surface area contributed by atoms with Crippen LogP contribution in [0.15, 0.2) is 79.3 Å². The number of aromatic nitrogens is 5. The van der Waals surface area contributed by atoms with E-state index in [1.165, 1.54) is 12.0 Å². The van der Waals surface area contributed by atoms with E-state index in [9.17, 15) is 0 Å². The number of imidazole rings is 1. The fraction of sp³-hybridized carbons (Fsp3) is 0.185. The molecule has 0 aliphatic heterocycles. The molecule has 0 radical (unpaired) electrons. The minimum Gasteiger partial charge on any atom is -0.333 e.